The lowest BCUT2D eigenvalue weighted by Gasteiger charge is -2.12. The molecule has 5 nitrogen and oxygen atoms in total. The minimum atomic E-state index is -0.485. The van der Waals surface area contributed by atoms with Gasteiger partial charge in [0, 0.05) is 18.2 Å². The van der Waals surface area contributed by atoms with E-state index in [2.05, 4.69) is 5.32 Å². The van der Waals surface area contributed by atoms with Gasteiger partial charge in [0.2, 0.25) is 5.91 Å². The lowest BCUT2D eigenvalue weighted by Crippen LogP contribution is -2.34. The highest BCUT2D eigenvalue weighted by molar-refractivity contribution is 5.94. The molecule has 1 aliphatic rings. The smallest absolute Gasteiger partial charge is 0.241 e. The lowest BCUT2D eigenvalue weighted by molar-refractivity contribution is -0.117. The van der Waals surface area contributed by atoms with Crippen LogP contribution in [0.2, 0.25) is 0 Å². The molecule has 1 unspecified atom stereocenters. The van der Waals surface area contributed by atoms with Crippen LogP contribution in [0.1, 0.15) is 19.8 Å². The summed E-state index contributed by atoms with van der Waals surface area (Å²) >= 11 is 0. The minimum absolute atomic E-state index is 0.188. The summed E-state index contributed by atoms with van der Waals surface area (Å²) in [6.45, 7) is 3.15. The van der Waals surface area contributed by atoms with E-state index in [1.54, 1.807) is 18.2 Å². The van der Waals surface area contributed by atoms with Gasteiger partial charge in [0.15, 0.2) is 11.5 Å². The SMILES string of the molecule is CCC(N)C(=O)Nc1ccc2c(c1)OCCCO2. The second-order valence-corrected chi connectivity index (χ2v) is 4.22. The summed E-state index contributed by atoms with van der Waals surface area (Å²) in [4.78, 5) is 11.7. The highest BCUT2D eigenvalue weighted by atomic mass is 16.5. The molecule has 1 aromatic carbocycles. The van der Waals surface area contributed by atoms with Crippen LogP contribution in [0.15, 0.2) is 18.2 Å². The zero-order chi connectivity index (χ0) is 13.0. The maximum atomic E-state index is 11.7. The van der Waals surface area contributed by atoms with E-state index in [0.29, 0.717) is 36.8 Å². The first-order valence-corrected chi connectivity index (χ1v) is 6.17. The average molecular weight is 250 g/mol. The van der Waals surface area contributed by atoms with Crippen molar-refractivity contribution in [2.75, 3.05) is 18.5 Å². The van der Waals surface area contributed by atoms with Crippen LogP contribution >= 0.6 is 0 Å². The summed E-state index contributed by atoms with van der Waals surface area (Å²) in [7, 11) is 0. The standard InChI is InChI=1S/C13H18N2O3/c1-2-10(14)13(16)15-9-4-5-11-12(8-9)18-7-3-6-17-11/h4-5,8,10H,2-3,6-7,14H2,1H3,(H,15,16). The molecule has 0 fully saturated rings. The number of amides is 1. The van der Waals surface area contributed by atoms with E-state index >= 15 is 0 Å². The molecule has 1 aliphatic heterocycles. The molecule has 1 heterocycles. The molecule has 0 saturated carbocycles. The third-order valence-electron chi connectivity index (χ3n) is 2.79. The zero-order valence-corrected chi connectivity index (χ0v) is 10.4. The lowest BCUT2D eigenvalue weighted by atomic mass is 10.2. The zero-order valence-electron chi connectivity index (χ0n) is 10.4. The van der Waals surface area contributed by atoms with Crippen molar-refractivity contribution in [2.24, 2.45) is 5.73 Å². The highest BCUT2D eigenvalue weighted by Gasteiger charge is 2.14. The number of anilines is 1. The summed E-state index contributed by atoms with van der Waals surface area (Å²) in [6.07, 6.45) is 1.47. The fourth-order valence-electron chi connectivity index (χ4n) is 1.66. The van der Waals surface area contributed by atoms with Crippen LogP contribution in [0, 0.1) is 0 Å². The van der Waals surface area contributed by atoms with Gasteiger partial charge in [-0.3, -0.25) is 4.79 Å². The highest BCUT2D eigenvalue weighted by Crippen LogP contribution is 2.32. The van der Waals surface area contributed by atoms with E-state index in [9.17, 15) is 4.79 Å². The number of nitrogens with one attached hydrogen (secondary N) is 1. The predicted octanol–water partition coefficient (Wildman–Crippen LogP) is 1.52. The van der Waals surface area contributed by atoms with Crippen molar-refractivity contribution in [1.29, 1.82) is 0 Å². The fourth-order valence-corrected chi connectivity index (χ4v) is 1.66. The predicted molar refractivity (Wildman–Crippen MR) is 68.9 cm³/mol. The van der Waals surface area contributed by atoms with Crippen LogP contribution in [-0.2, 0) is 4.79 Å². The van der Waals surface area contributed by atoms with Gasteiger partial charge in [-0.2, -0.15) is 0 Å². The molecule has 0 aromatic heterocycles. The van der Waals surface area contributed by atoms with E-state index in [-0.39, 0.29) is 5.91 Å². The Morgan fingerprint density at radius 3 is 2.83 bits per heavy atom. The summed E-state index contributed by atoms with van der Waals surface area (Å²) in [6, 6.07) is 4.86. The summed E-state index contributed by atoms with van der Waals surface area (Å²) in [5, 5.41) is 2.76. The van der Waals surface area contributed by atoms with Gasteiger partial charge < -0.3 is 20.5 Å². The fraction of sp³-hybridized carbons (Fsp3) is 0.462. The number of benzene rings is 1. The largest absolute Gasteiger partial charge is 0.490 e. The number of fused-ring (bicyclic) bond motifs is 1. The molecule has 98 valence electrons. The Labute approximate surface area is 106 Å². The normalized spacial score (nSPS) is 15.7. The van der Waals surface area contributed by atoms with E-state index in [1.165, 1.54) is 0 Å². The molecule has 1 amide bonds. The van der Waals surface area contributed by atoms with Gasteiger partial charge >= 0.3 is 0 Å². The Morgan fingerprint density at radius 2 is 2.11 bits per heavy atom. The van der Waals surface area contributed by atoms with Gasteiger partial charge in [-0.05, 0) is 18.6 Å². The molecular formula is C13H18N2O3. The van der Waals surface area contributed by atoms with Crippen molar-refractivity contribution in [3.63, 3.8) is 0 Å². The van der Waals surface area contributed by atoms with Crippen LogP contribution in [-0.4, -0.2) is 25.2 Å². The van der Waals surface area contributed by atoms with E-state index in [0.717, 1.165) is 6.42 Å². The van der Waals surface area contributed by atoms with Gasteiger partial charge in [-0.15, -0.1) is 0 Å². The minimum Gasteiger partial charge on any atom is -0.490 e. The van der Waals surface area contributed by atoms with E-state index < -0.39 is 6.04 Å². The Morgan fingerprint density at radius 1 is 1.39 bits per heavy atom. The first kappa shape index (κ1) is 12.7. The number of ether oxygens (including phenoxy) is 2. The number of rotatable bonds is 3. The summed E-state index contributed by atoms with van der Waals surface area (Å²) in [5.74, 6) is 1.19. The van der Waals surface area contributed by atoms with Crippen LogP contribution in [0.25, 0.3) is 0 Å². The number of hydrogen-bond donors (Lipinski definition) is 2. The van der Waals surface area contributed by atoms with E-state index in [1.807, 2.05) is 6.92 Å². The van der Waals surface area contributed by atoms with E-state index in [4.69, 9.17) is 15.2 Å². The molecule has 0 aliphatic carbocycles. The number of nitrogens with two attached hydrogens (primary N) is 1. The van der Waals surface area contributed by atoms with Gasteiger partial charge in [0.25, 0.3) is 0 Å². The first-order chi connectivity index (χ1) is 8.70. The molecule has 5 heteroatoms. The van der Waals surface area contributed by atoms with Crippen molar-refractivity contribution in [2.45, 2.75) is 25.8 Å². The molecule has 1 atom stereocenters. The summed E-state index contributed by atoms with van der Waals surface area (Å²) in [5.41, 5.74) is 6.33. The number of carbonyl (C=O) groups excluding carboxylic acids is 1. The number of hydrogen-bond acceptors (Lipinski definition) is 4. The molecule has 0 spiro atoms. The Hall–Kier alpha value is -1.75. The van der Waals surface area contributed by atoms with Gasteiger partial charge in [-0.25, -0.2) is 0 Å². The average Bonchev–Trinajstić information content (AvgIpc) is 2.62. The Kier molecular flexibility index (Phi) is 4.04. The maximum absolute atomic E-state index is 11.7. The Balaban J connectivity index is 2.11. The second kappa shape index (κ2) is 5.73. The van der Waals surface area contributed by atoms with Gasteiger partial charge in [0.05, 0.1) is 19.3 Å². The van der Waals surface area contributed by atoms with Crippen molar-refractivity contribution in [3.05, 3.63) is 18.2 Å². The molecule has 0 saturated heterocycles. The number of carbonyl (C=O) groups is 1. The van der Waals surface area contributed by atoms with Crippen molar-refractivity contribution in [3.8, 4) is 11.5 Å². The topological polar surface area (TPSA) is 73.6 Å². The summed E-state index contributed by atoms with van der Waals surface area (Å²) < 4.78 is 11.1. The van der Waals surface area contributed by atoms with Crippen LogP contribution in [0.3, 0.4) is 0 Å². The molecular weight excluding hydrogens is 232 g/mol. The molecule has 2 rings (SSSR count). The van der Waals surface area contributed by atoms with Crippen molar-refractivity contribution in [1.82, 2.24) is 0 Å². The third-order valence-corrected chi connectivity index (χ3v) is 2.79. The van der Waals surface area contributed by atoms with Gasteiger partial charge in [-0.1, -0.05) is 6.92 Å². The van der Waals surface area contributed by atoms with Crippen LogP contribution < -0.4 is 20.5 Å². The quantitative estimate of drug-likeness (QED) is 0.853. The Bertz CT molecular complexity index is 434. The van der Waals surface area contributed by atoms with Crippen LogP contribution in [0.5, 0.6) is 11.5 Å². The third kappa shape index (κ3) is 2.92. The van der Waals surface area contributed by atoms with Crippen molar-refractivity contribution < 1.29 is 14.3 Å². The maximum Gasteiger partial charge on any atom is 0.241 e. The molecule has 0 bridgehead atoms. The monoisotopic (exact) mass is 250 g/mol. The molecule has 0 radical (unpaired) electrons. The molecule has 1 aromatic rings. The van der Waals surface area contributed by atoms with Gasteiger partial charge in [0.1, 0.15) is 0 Å². The molecule has 3 N–H and O–H groups in total. The molecule has 18 heavy (non-hydrogen) atoms. The van der Waals surface area contributed by atoms with Crippen molar-refractivity contribution >= 4 is 11.6 Å². The second-order valence-electron chi connectivity index (χ2n) is 4.22. The van der Waals surface area contributed by atoms with Crippen LogP contribution in [0.4, 0.5) is 5.69 Å². The first-order valence-electron chi connectivity index (χ1n) is 6.17.